The normalized spacial score (nSPS) is 23.2. The van der Waals surface area contributed by atoms with Crippen molar-refractivity contribution in [1.29, 1.82) is 0 Å². The molecule has 0 nitrogen and oxygen atoms in total. The lowest BCUT2D eigenvalue weighted by Crippen LogP contribution is -3.00. The van der Waals surface area contributed by atoms with Gasteiger partial charge in [0.05, 0.1) is 0 Å². The monoisotopic (exact) mass is 434 g/mol. The number of hydrogen-bond donors (Lipinski definition) is 0. The summed E-state index contributed by atoms with van der Waals surface area (Å²) in [4.78, 5) is 0. The first kappa shape index (κ1) is 18.7. The van der Waals surface area contributed by atoms with Crippen LogP contribution in [0.2, 0.25) is 0 Å². The van der Waals surface area contributed by atoms with Crippen LogP contribution in [0.1, 0.15) is 12.8 Å². The summed E-state index contributed by atoms with van der Waals surface area (Å²) in [5, 5.41) is 4.52. The second-order valence-corrected chi connectivity index (χ2v) is 11.2. The molecule has 0 heterocycles. The Hall–Kier alpha value is -1.69. The molecule has 2 aliphatic carbocycles. The summed E-state index contributed by atoms with van der Waals surface area (Å²) < 4.78 is 0. The van der Waals surface area contributed by atoms with Crippen molar-refractivity contribution in [3.05, 3.63) is 103 Å². The van der Waals surface area contributed by atoms with E-state index in [-0.39, 0.29) is 17.0 Å². The van der Waals surface area contributed by atoms with Gasteiger partial charge in [-0.05, 0) is 67.2 Å². The Kier molecular flexibility index (Phi) is 5.35. The van der Waals surface area contributed by atoms with Crippen LogP contribution in [-0.2, 0) is 0 Å². The van der Waals surface area contributed by atoms with Gasteiger partial charge in [-0.25, -0.2) is 0 Å². The Morgan fingerprint density at radius 1 is 0.556 bits per heavy atom. The van der Waals surface area contributed by atoms with Crippen molar-refractivity contribution in [2.75, 3.05) is 0 Å². The minimum atomic E-state index is -1.73. The van der Waals surface area contributed by atoms with Gasteiger partial charge in [0.25, 0.3) is 0 Å². The summed E-state index contributed by atoms with van der Waals surface area (Å²) in [5.41, 5.74) is 0.596. The summed E-state index contributed by atoms with van der Waals surface area (Å²) in [6.45, 7) is 0. The Labute approximate surface area is 173 Å². The smallest absolute Gasteiger partial charge is 0.118 e. The lowest BCUT2D eigenvalue weighted by atomic mass is 10.1. The number of halogens is 1. The Morgan fingerprint density at radius 2 is 1.00 bits per heavy atom. The molecule has 27 heavy (non-hydrogen) atoms. The van der Waals surface area contributed by atoms with E-state index in [1.807, 2.05) is 0 Å². The van der Waals surface area contributed by atoms with Gasteiger partial charge in [-0.15, -0.1) is 0 Å². The molecule has 0 unspecified atom stereocenters. The second-order valence-electron chi connectivity index (χ2n) is 7.58. The van der Waals surface area contributed by atoms with Crippen LogP contribution in [0.3, 0.4) is 0 Å². The summed E-state index contributed by atoms with van der Waals surface area (Å²) in [6, 6.07) is 33.9. The third-order valence-electron chi connectivity index (χ3n) is 6.09. The average molecular weight is 435 g/mol. The van der Waals surface area contributed by atoms with Crippen LogP contribution in [0, 0.1) is 11.8 Å². The van der Waals surface area contributed by atoms with E-state index < -0.39 is 7.26 Å². The van der Waals surface area contributed by atoms with Gasteiger partial charge >= 0.3 is 0 Å². The number of fused-ring (bicyclic) bond motifs is 1. The molecule has 0 saturated heterocycles. The van der Waals surface area contributed by atoms with E-state index in [1.165, 1.54) is 28.8 Å². The summed E-state index contributed by atoms with van der Waals surface area (Å²) in [5.74, 6) is 1.76. The summed E-state index contributed by atoms with van der Waals surface area (Å²) in [6.07, 6.45) is 7.80. The fraction of sp³-hybridized carbons (Fsp3) is 0.200. The van der Waals surface area contributed by atoms with Crippen molar-refractivity contribution < 1.29 is 17.0 Å². The van der Waals surface area contributed by atoms with E-state index >= 15 is 0 Å². The molecule has 1 saturated carbocycles. The first-order chi connectivity index (χ1) is 12.9. The van der Waals surface area contributed by atoms with Crippen LogP contribution in [0.5, 0.6) is 0 Å². The molecule has 0 aliphatic heterocycles. The van der Waals surface area contributed by atoms with E-state index in [0.29, 0.717) is 5.66 Å². The lowest BCUT2D eigenvalue weighted by Gasteiger charge is -2.34. The van der Waals surface area contributed by atoms with Crippen LogP contribution in [0.4, 0.5) is 0 Å². The van der Waals surface area contributed by atoms with E-state index in [1.54, 1.807) is 0 Å². The fourth-order valence-corrected chi connectivity index (χ4v) is 9.65. The first-order valence-electron chi connectivity index (χ1n) is 9.63. The van der Waals surface area contributed by atoms with E-state index in [2.05, 4.69) is 103 Å². The minimum Gasteiger partial charge on any atom is -1.00 e. The predicted octanol–water partition coefficient (Wildman–Crippen LogP) is 1.95. The maximum Gasteiger partial charge on any atom is 0.118 e. The van der Waals surface area contributed by atoms with Crippen LogP contribution in [0.25, 0.3) is 0 Å². The molecule has 3 aromatic carbocycles. The Morgan fingerprint density at radius 3 is 1.41 bits per heavy atom. The number of allylic oxidation sites excluding steroid dienone is 2. The molecule has 3 atom stereocenters. The molecule has 1 fully saturated rings. The Bertz CT molecular complexity index is 808. The third-order valence-corrected chi connectivity index (χ3v) is 10.8. The summed E-state index contributed by atoms with van der Waals surface area (Å²) in [7, 11) is -1.73. The van der Waals surface area contributed by atoms with Crippen molar-refractivity contribution >= 4 is 23.2 Å². The molecule has 136 valence electrons. The summed E-state index contributed by atoms with van der Waals surface area (Å²) >= 11 is 0. The highest BCUT2D eigenvalue weighted by molar-refractivity contribution is 7.96. The largest absolute Gasteiger partial charge is 1.00 e. The molecular weight excluding hydrogens is 411 g/mol. The van der Waals surface area contributed by atoms with E-state index in [0.717, 1.165) is 11.8 Å². The molecule has 0 aromatic heterocycles. The molecule has 2 aliphatic rings. The molecule has 2 heteroatoms. The fourth-order valence-electron chi connectivity index (χ4n) is 4.74. The van der Waals surface area contributed by atoms with Gasteiger partial charge in [0.15, 0.2) is 0 Å². The molecule has 0 amide bonds. The third kappa shape index (κ3) is 3.22. The highest BCUT2D eigenvalue weighted by atomic mass is 79.9. The van der Waals surface area contributed by atoms with Crippen molar-refractivity contribution in [1.82, 2.24) is 0 Å². The van der Waals surface area contributed by atoms with Crippen molar-refractivity contribution in [3.63, 3.8) is 0 Å². The maximum atomic E-state index is 2.56. The van der Waals surface area contributed by atoms with Crippen LogP contribution < -0.4 is 32.9 Å². The zero-order valence-corrected chi connectivity index (χ0v) is 17.8. The SMILES string of the molecule is C1=C[C@H]2C[C@H]2C[C@@H]1[P+](c1ccccc1)(c1ccccc1)c1ccccc1.[Br-]. The molecule has 0 spiro atoms. The first-order valence-corrected chi connectivity index (χ1v) is 11.5. The highest BCUT2D eigenvalue weighted by Crippen LogP contribution is 2.65. The zero-order valence-electron chi connectivity index (χ0n) is 15.3. The maximum absolute atomic E-state index is 2.56. The van der Waals surface area contributed by atoms with Crippen LogP contribution in [-0.4, -0.2) is 5.66 Å². The molecule has 0 radical (unpaired) electrons. The number of rotatable bonds is 4. The standard InChI is InChI=1S/C25H24P.BrH/c1-4-10-22(11-5-1)26(23-12-6-2-7-13-23,24-14-8-3-9-15-24)25-17-16-20-18-21(20)19-25;/h1-17,20-21,25H,18-19H2;1H/q+1;/p-1/t20-,21-,25+;/m0./s1. The zero-order chi connectivity index (χ0) is 17.4. The Balaban J connectivity index is 0.00000180. The molecular formula is C25H24BrP. The number of hydrogen-bond acceptors (Lipinski definition) is 0. The highest BCUT2D eigenvalue weighted by Gasteiger charge is 2.55. The van der Waals surface area contributed by atoms with Crippen LogP contribution in [0.15, 0.2) is 103 Å². The minimum absolute atomic E-state index is 0. The topological polar surface area (TPSA) is 0 Å². The van der Waals surface area contributed by atoms with Gasteiger partial charge in [0, 0.05) is 0 Å². The van der Waals surface area contributed by atoms with Gasteiger partial charge in [0.1, 0.15) is 28.8 Å². The van der Waals surface area contributed by atoms with Gasteiger partial charge in [-0.2, -0.15) is 0 Å². The molecule has 0 N–H and O–H groups in total. The van der Waals surface area contributed by atoms with Crippen molar-refractivity contribution in [2.45, 2.75) is 18.5 Å². The van der Waals surface area contributed by atoms with E-state index in [9.17, 15) is 0 Å². The van der Waals surface area contributed by atoms with E-state index in [4.69, 9.17) is 0 Å². The van der Waals surface area contributed by atoms with Crippen molar-refractivity contribution in [3.8, 4) is 0 Å². The second kappa shape index (κ2) is 7.74. The van der Waals surface area contributed by atoms with Crippen LogP contribution >= 0.6 is 7.26 Å². The molecule has 0 bridgehead atoms. The van der Waals surface area contributed by atoms with Gasteiger partial charge < -0.3 is 17.0 Å². The molecule has 5 rings (SSSR count). The quantitative estimate of drug-likeness (QED) is 0.434. The lowest BCUT2D eigenvalue weighted by molar-refractivity contribution is -0.00000497. The van der Waals surface area contributed by atoms with Crippen molar-refractivity contribution in [2.24, 2.45) is 11.8 Å². The van der Waals surface area contributed by atoms with Gasteiger partial charge in [-0.1, -0.05) is 60.7 Å². The average Bonchev–Trinajstić information content (AvgIpc) is 3.50. The number of benzene rings is 3. The van der Waals surface area contributed by atoms with Gasteiger partial charge in [0.2, 0.25) is 0 Å². The van der Waals surface area contributed by atoms with Gasteiger partial charge in [-0.3, -0.25) is 0 Å². The predicted molar refractivity (Wildman–Crippen MR) is 114 cm³/mol. The molecule has 3 aromatic rings.